The zero-order valence-electron chi connectivity index (χ0n) is 12.0. The van der Waals surface area contributed by atoms with Gasteiger partial charge in [-0.05, 0) is 38.0 Å². The number of benzene rings is 1. The molecule has 2 N–H and O–H groups in total. The minimum absolute atomic E-state index is 0.0580. The number of rotatable bonds is 6. The van der Waals surface area contributed by atoms with E-state index in [4.69, 9.17) is 5.11 Å². The topological polar surface area (TPSA) is 94.9 Å². The van der Waals surface area contributed by atoms with Gasteiger partial charge < -0.3 is 10.2 Å². The Morgan fingerprint density at radius 3 is 2.48 bits per heavy atom. The summed E-state index contributed by atoms with van der Waals surface area (Å²) < 4.78 is 39.3. The van der Waals surface area contributed by atoms with Crippen molar-refractivity contribution in [3.63, 3.8) is 0 Å². The lowest BCUT2D eigenvalue weighted by Gasteiger charge is -2.18. The number of aromatic carboxylic acids is 1. The molecule has 0 aliphatic heterocycles. The molecule has 1 unspecified atom stereocenters. The molecule has 0 aromatic heterocycles. The molecule has 0 heterocycles. The summed E-state index contributed by atoms with van der Waals surface area (Å²) in [6, 6.07) is 1.90. The van der Waals surface area contributed by atoms with Gasteiger partial charge in [-0.1, -0.05) is 0 Å². The summed E-state index contributed by atoms with van der Waals surface area (Å²) in [5.41, 5.74) is -0.741. The highest BCUT2D eigenvalue weighted by molar-refractivity contribution is 7.89. The highest BCUT2D eigenvalue weighted by atomic mass is 32.2. The summed E-state index contributed by atoms with van der Waals surface area (Å²) in [5, 5.41) is 18.1. The molecule has 1 aromatic carbocycles. The number of halogens is 1. The number of aliphatic hydroxyl groups excluding tert-OH is 1. The molecule has 8 heteroatoms. The van der Waals surface area contributed by atoms with E-state index < -0.39 is 33.5 Å². The van der Waals surface area contributed by atoms with Crippen molar-refractivity contribution in [1.82, 2.24) is 4.31 Å². The number of aryl methyl sites for hydroxylation is 1. The Morgan fingerprint density at radius 2 is 2.00 bits per heavy atom. The van der Waals surface area contributed by atoms with Crippen LogP contribution in [-0.2, 0) is 10.0 Å². The summed E-state index contributed by atoms with van der Waals surface area (Å²) in [7, 11) is -2.62. The zero-order valence-corrected chi connectivity index (χ0v) is 12.8. The number of carbonyl (C=O) groups is 1. The average molecular weight is 319 g/mol. The number of hydrogen-bond acceptors (Lipinski definition) is 4. The maximum atomic E-state index is 13.7. The summed E-state index contributed by atoms with van der Waals surface area (Å²) in [6.07, 6.45) is -0.422. The third-order valence-electron chi connectivity index (χ3n) is 3.03. The minimum atomic E-state index is -3.94. The van der Waals surface area contributed by atoms with Gasteiger partial charge in [-0.15, -0.1) is 0 Å². The first-order valence-electron chi connectivity index (χ1n) is 6.25. The fraction of sp³-hybridized carbons (Fsp3) is 0.462. The van der Waals surface area contributed by atoms with Gasteiger partial charge >= 0.3 is 5.97 Å². The SMILES string of the molecule is Cc1cc(S(=O)(=O)N(C)CCC(C)O)cc(C(=O)O)c1F. The Bertz CT molecular complexity index is 642. The van der Waals surface area contributed by atoms with Gasteiger partial charge in [0.1, 0.15) is 5.82 Å². The summed E-state index contributed by atoms with van der Waals surface area (Å²) in [5.74, 6) is -2.48. The van der Waals surface area contributed by atoms with Crippen molar-refractivity contribution in [2.45, 2.75) is 31.3 Å². The fourth-order valence-electron chi connectivity index (χ4n) is 1.71. The molecule has 0 saturated heterocycles. The van der Waals surface area contributed by atoms with E-state index >= 15 is 0 Å². The lowest BCUT2D eigenvalue weighted by molar-refractivity contribution is 0.0691. The summed E-state index contributed by atoms with van der Waals surface area (Å²) in [4.78, 5) is 10.7. The van der Waals surface area contributed by atoms with E-state index in [0.29, 0.717) is 0 Å². The van der Waals surface area contributed by atoms with Crippen LogP contribution in [0, 0.1) is 12.7 Å². The van der Waals surface area contributed by atoms with Crippen LogP contribution in [0.2, 0.25) is 0 Å². The molecule has 21 heavy (non-hydrogen) atoms. The lowest BCUT2D eigenvalue weighted by Crippen LogP contribution is -2.30. The molecule has 0 saturated carbocycles. The smallest absolute Gasteiger partial charge is 0.338 e. The third-order valence-corrected chi connectivity index (χ3v) is 4.86. The Morgan fingerprint density at radius 1 is 1.43 bits per heavy atom. The van der Waals surface area contributed by atoms with Gasteiger partial charge in [-0.3, -0.25) is 0 Å². The van der Waals surface area contributed by atoms with Crippen molar-refractivity contribution in [2.75, 3.05) is 13.6 Å². The molecule has 0 fully saturated rings. The number of aliphatic hydroxyl groups is 1. The van der Waals surface area contributed by atoms with Crippen LogP contribution in [0.25, 0.3) is 0 Å². The van der Waals surface area contributed by atoms with Crippen LogP contribution in [0.5, 0.6) is 0 Å². The quantitative estimate of drug-likeness (QED) is 0.822. The minimum Gasteiger partial charge on any atom is -0.478 e. The average Bonchev–Trinajstić information content (AvgIpc) is 2.38. The normalized spacial score (nSPS) is 13.4. The predicted octanol–water partition coefficient (Wildman–Crippen LogP) is 1.22. The first-order chi connectivity index (χ1) is 9.57. The molecule has 1 atom stereocenters. The van der Waals surface area contributed by atoms with Crippen LogP contribution in [0.1, 0.15) is 29.3 Å². The molecule has 1 aromatic rings. The number of carboxylic acid groups (broad SMARTS) is 1. The molecule has 0 amide bonds. The van der Waals surface area contributed by atoms with E-state index in [1.54, 1.807) is 0 Å². The number of hydrogen-bond donors (Lipinski definition) is 2. The molecular formula is C13H18FNO5S. The van der Waals surface area contributed by atoms with Crippen molar-refractivity contribution in [3.05, 3.63) is 29.1 Å². The maximum Gasteiger partial charge on any atom is 0.338 e. The first kappa shape index (κ1) is 17.5. The van der Waals surface area contributed by atoms with Crippen molar-refractivity contribution in [1.29, 1.82) is 0 Å². The van der Waals surface area contributed by atoms with Gasteiger partial charge in [0.25, 0.3) is 0 Å². The highest BCUT2D eigenvalue weighted by Crippen LogP contribution is 2.22. The Kier molecular flexibility index (Phi) is 5.43. The second-order valence-electron chi connectivity index (χ2n) is 4.87. The van der Waals surface area contributed by atoms with Crippen LogP contribution >= 0.6 is 0 Å². The van der Waals surface area contributed by atoms with Gasteiger partial charge in [0.05, 0.1) is 16.6 Å². The molecule has 6 nitrogen and oxygen atoms in total. The third kappa shape index (κ3) is 3.99. The fourth-order valence-corrected chi connectivity index (χ4v) is 3.01. The lowest BCUT2D eigenvalue weighted by atomic mass is 10.1. The summed E-state index contributed by atoms with van der Waals surface area (Å²) >= 11 is 0. The van der Waals surface area contributed by atoms with Crippen LogP contribution in [0.3, 0.4) is 0 Å². The Hall–Kier alpha value is -1.51. The van der Waals surface area contributed by atoms with E-state index in [0.717, 1.165) is 16.4 Å². The number of nitrogens with zero attached hydrogens (tertiary/aromatic N) is 1. The number of sulfonamides is 1. The van der Waals surface area contributed by atoms with Gasteiger partial charge in [-0.2, -0.15) is 0 Å². The van der Waals surface area contributed by atoms with Crippen LogP contribution in [-0.4, -0.2) is 48.6 Å². The van der Waals surface area contributed by atoms with Crippen LogP contribution in [0.4, 0.5) is 4.39 Å². The van der Waals surface area contributed by atoms with Gasteiger partial charge in [-0.25, -0.2) is 21.9 Å². The van der Waals surface area contributed by atoms with Crippen molar-refractivity contribution in [2.24, 2.45) is 0 Å². The van der Waals surface area contributed by atoms with Crippen LogP contribution < -0.4 is 0 Å². The van der Waals surface area contributed by atoms with Crippen LogP contribution in [0.15, 0.2) is 17.0 Å². The first-order valence-corrected chi connectivity index (χ1v) is 7.69. The van der Waals surface area contributed by atoms with Gasteiger partial charge in [0.15, 0.2) is 0 Å². The molecule has 0 spiro atoms. The Labute approximate surface area is 122 Å². The molecule has 0 aliphatic rings. The van der Waals surface area contributed by atoms with Gasteiger partial charge in [0, 0.05) is 13.6 Å². The predicted molar refractivity (Wildman–Crippen MR) is 74.2 cm³/mol. The second-order valence-corrected chi connectivity index (χ2v) is 6.92. The highest BCUT2D eigenvalue weighted by Gasteiger charge is 2.25. The molecule has 118 valence electrons. The van der Waals surface area contributed by atoms with Crippen molar-refractivity contribution in [3.8, 4) is 0 Å². The molecule has 0 aliphatic carbocycles. The molecular weight excluding hydrogens is 301 g/mol. The Balaban J connectivity index is 3.23. The monoisotopic (exact) mass is 319 g/mol. The van der Waals surface area contributed by atoms with Gasteiger partial charge in [0.2, 0.25) is 10.0 Å². The second kappa shape index (κ2) is 6.50. The largest absolute Gasteiger partial charge is 0.478 e. The van der Waals surface area contributed by atoms with E-state index in [1.165, 1.54) is 20.9 Å². The molecule has 1 rings (SSSR count). The van der Waals surface area contributed by atoms with E-state index in [1.807, 2.05) is 0 Å². The maximum absolute atomic E-state index is 13.7. The zero-order chi connectivity index (χ0) is 16.4. The van der Waals surface area contributed by atoms with Crippen molar-refractivity contribution >= 4 is 16.0 Å². The summed E-state index contributed by atoms with van der Waals surface area (Å²) in [6.45, 7) is 2.90. The standard InChI is InChI=1S/C13H18FNO5S/c1-8-6-10(7-11(12(8)14)13(17)18)21(19,20)15(3)5-4-9(2)16/h6-7,9,16H,4-5H2,1-3H3,(H,17,18). The molecule has 0 radical (unpaired) electrons. The van der Waals surface area contributed by atoms with E-state index in [2.05, 4.69) is 0 Å². The number of carboxylic acids is 1. The van der Waals surface area contributed by atoms with E-state index in [-0.39, 0.29) is 23.4 Å². The van der Waals surface area contributed by atoms with E-state index in [9.17, 15) is 22.7 Å². The van der Waals surface area contributed by atoms with Crippen molar-refractivity contribution < 1.29 is 27.8 Å². The molecule has 0 bridgehead atoms.